The number of H-pyrrole nitrogens is 1. The van der Waals surface area contributed by atoms with Gasteiger partial charge in [0.25, 0.3) is 5.69 Å². The fourth-order valence-electron chi connectivity index (χ4n) is 3.11. The van der Waals surface area contributed by atoms with Gasteiger partial charge in [0, 0.05) is 21.5 Å². The number of para-hydroxylation sites is 1. The van der Waals surface area contributed by atoms with Gasteiger partial charge in [-0.1, -0.05) is 18.2 Å². The lowest BCUT2D eigenvalue weighted by atomic mass is 10.2. The van der Waals surface area contributed by atoms with Crippen LogP contribution < -0.4 is 5.26 Å². The molecule has 2 aromatic heterocycles. The van der Waals surface area contributed by atoms with E-state index in [0.717, 1.165) is 33.4 Å². The van der Waals surface area contributed by atoms with E-state index in [9.17, 15) is 18.2 Å². The van der Waals surface area contributed by atoms with E-state index in [1.54, 1.807) is 0 Å². The maximum absolute atomic E-state index is 11.6. The van der Waals surface area contributed by atoms with E-state index in [-0.39, 0.29) is 22.1 Å². The summed E-state index contributed by atoms with van der Waals surface area (Å²) in [6.45, 7) is 9.23. The van der Waals surface area contributed by atoms with Gasteiger partial charge in [-0.3, -0.25) is 5.04 Å². The van der Waals surface area contributed by atoms with Gasteiger partial charge in [0.15, 0.2) is 5.82 Å². The molecule has 0 saturated carbocycles. The number of benzene rings is 2. The zero-order valence-corrected chi connectivity index (χ0v) is 18.3. The van der Waals surface area contributed by atoms with Crippen LogP contribution in [0.3, 0.4) is 0 Å². The highest BCUT2D eigenvalue weighted by atomic mass is 32.2. The van der Waals surface area contributed by atoms with Gasteiger partial charge in [-0.05, 0) is 31.2 Å². The first-order valence-electron chi connectivity index (χ1n) is 9.01. The predicted octanol–water partition coefficient (Wildman–Crippen LogP) is 3.76. The molecule has 1 N–H and O–H groups in total. The van der Waals surface area contributed by atoms with Gasteiger partial charge in [-0.2, -0.15) is 9.43 Å². The lowest BCUT2D eigenvalue weighted by Crippen LogP contribution is -2.04. The molecular weight excluding hydrogens is 472 g/mol. The molecule has 12 nitrogen and oxygen atoms in total. The van der Waals surface area contributed by atoms with Crippen molar-refractivity contribution in [2.24, 2.45) is 10.2 Å². The molecule has 0 radical (unpaired) electrons. The Kier molecular flexibility index (Phi) is 6.24. The number of nitrogens with zero attached hydrogens (tertiary/aromatic N) is 5. The molecule has 0 aliphatic rings. The second-order valence-corrected chi connectivity index (χ2v) is 8.71. The van der Waals surface area contributed by atoms with Crippen molar-refractivity contribution in [3.8, 4) is 5.69 Å². The number of aromatic amines is 1. The topological polar surface area (TPSA) is 161 Å². The third-order valence-electron chi connectivity index (χ3n) is 4.51. The number of hydrogen-bond acceptors (Lipinski definition) is 10. The van der Waals surface area contributed by atoms with E-state index in [0.29, 0.717) is 17.7 Å². The van der Waals surface area contributed by atoms with Crippen molar-refractivity contribution in [1.82, 2.24) is 14.8 Å². The molecular formula is C19H12N6O6S2-2. The van der Waals surface area contributed by atoms with Crippen LogP contribution in [-0.2, 0) is 19.5 Å². The summed E-state index contributed by atoms with van der Waals surface area (Å²) >= 11 is 0.395. The second-order valence-electron chi connectivity index (χ2n) is 6.56. The first-order valence-corrected chi connectivity index (χ1v) is 11.2. The Hall–Kier alpha value is -3.58. The fourth-order valence-corrected chi connectivity index (χ4v) is 4.17. The highest BCUT2D eigenvalue weighted by Gasteiger charge is 2.16. The van der Waals surface area contributed by atoms with Crippen LogP contribution >= 0.6 is 12.0 Å². The average molecular weight is 484 g/mol. The lowest BCUT2D eigenvalue weighted by Gasteiger charge is -2.13. The van der Waals surface area contributed by atoms with Gasteiger partial charge in [0.05, 0.1) is 35.4 Å². The molecule has 14 heteroatoms. The van der Waals surface area contributed by atoms with E-state index in [1.807, 2.05) is 31.2 Å². The van der Waals surface area contributed by atoms with Crippen LogP contribution in [0.2, 0.25) is 0 Å². The van der Waals surface area contributed by atoms with Crippen LogP contribution in [-0.4, -0.2) is 27.7 Å². The number of rotatable bonds is 7. The van der Waals surface area contributed by atoms with Crippen LogP contribution in [0.15, 0.2) is 68.7 Å². The summed E-state index contributed by atoms with van der Waals surface area (Å²) in [5, 5.41) is 26.8. The number of hydrogen-bond donors (Lipinski definition) is 1. The molecule has 0 aliphatic heterocycles. The Labute approximate surface area is 191 Å². The SMILES string of the molecule is [C-]#[N+]c1cnn(-c2cc(SOO[O-])cc(S(=O)(=O)[O-])c2)c1N=Nc1c(C)[nH]c2ccccc12. The minimum atomic E-state index is -4.87. The molecule has 0 aliphatic carbocycles. The lowest BCUT2D eigenvalue weighted by molar-refractivity contribution is -0.777. The molecule has 0 saturated heterocycles. The predicted molar refractivity (Wildman–Crippen MR) is 113 cm³/mol. The zero-order chi connectivity index (χ0) is 23.6. The molecule has 4 rings (SSSR count). The highest BCUT2D eigenvalue weighted by Crippen LogP contribution is 2.36. The van der Waals surface area contributed by atoms with E-state index in [4.69, 9.17) is 6.57 Å². The number of azo groups is 1. The van der Waals surface area contributed by atoms with E-state index in [1.165, 1.54) is 12.3 Å². The smallest absolute Gasteiger partial charge is 0.252 e. The summed E-state index contributed by atoms with van der Waals surface area (Å²) in [5.74, 6) is 0.00655. The molecule has 33 heavy (non-hydrogen) atoms. The van der Waals surface area contributed by atoms with Gasteiger partial charge >= 0.3 is 0 Å². The minimum Gasteiger partial charge on any atom is -0.744 e. The van der Waals surface area contributed by atoms with Gasteiger partial charge in [0.1, 0.15) is 15.8 Å². The van der Waals surface area contributed by atoms with Crippen LogP contribution in [0.5, 0.6) is 0 Å². The first-order chi connectivity index (χ1) is 15.8. The normalized spacial score (nSPS) is 11.9. The summed E-state index contributed by atoms with van der Waals surface area (Å²) in [6, 6.07) is 10.9. The van der Waals surface area contributed by atoms with Crippen molar-refractivity contribution < 1.29 is 27.6 Å². The van der Waals surface area contributed by atoms with Crippen LogP contribution in [0.4, 0.5) is 17.2 Å². The molecule has 2 heterocycles. The standard InChI is InChI=1S/C19H14N6O6S2/c1-11-18(15-5-3-4-6-16(15)22-11)23-24-19-17(20-2)10-21-25(19)12-7-13(32-31-30-26)9-14(8-12)33(27,28)29/h3-10,22,26H,1H3,(H,27,28,29)/p-2. The Morgan fingerprint density at radius 1 is 1.24 bits per heavy atom. The first kappa shape index (κ1) is 22.6. The van der Waals surface area contributed by atoms with Crippen molar-refractivity contribution in [2.75, 3.05) is 0 Å². The molecule has 0 spiro atoms. The molecule has 0 fully saturated rings. The van der Waals surface area contributed by atoms with Gasteiger partial charge < -0.3 is 14.8 Å². The zero-order valence-electron chi connectivity index (χ0n) is 16.6. The number of fused-ring (bicyclic) bond motifs is 1. The van der Waals surface area contributed by atoms with Gasteiger partial charge in [0.2, 0.25) is 0 Å². The van der Waals surface area contributed by atoms with E-state index < -0.39 is 15.0 Å². The third-order valence-corrected chi connectivity index (χ3v) is 5.87. The number of aromatic nitrogens is 3. The molecule has 2 aromatic carbocycles. The Balaban J connectivity index is 1.84. The van der Waals surface area contributed by atoms with Crippen molar-refractivity contribution >= 4 is 50.3 Å². The average Bonchev–Trinajstić information content (AvgIpc) is 3.35. The van der Waals surface area contributed by atoms with Crippen LogP contribution in [0.1, 0.15) is 5.69 Å². The Bertz CT molecular complexity index is 1520. The van der Waals surface area contributed by atoms with E-state index >= 15 is 0 Å². The summed E-state index contributed by atoms with van der Waals surface area (Å²) in [4.78, 5) is 6.03. The van der Waals surface area contributed by atoms with Crippen LogP contribution in [0, 0.1) is 13.5 Å². The molecule has 0 amide bonds. The maximum Gasteiger partial charge on any atom is 0.252 e. The molecule has 168 valence electrons. The summed E-state index contributed by atoms with van der Waals surface area (Å²) in [5.41, 5.74) is 2.28. The quantitative estimate of drug-likeness (QED) is 0.104. The van der Waals surface area contributed by atoms with Crippen molar-refractivity contribution in [3.63, 3.8) is 0 Å². The number of nitrogens with one attached hydrogen (secondary N) is 1. The molecule has 0 bridgehead atoms. The minimum absolute atomic E-state index is 0.00655. The Morgan fingerprint density at radius 3 is 2.76 bits per heavy atom. The Morgan fingerprint density at radius 2 is 2.03 bits per heavy atom. The molecule has 0 unspecified atom stereocenters. The third kappa shape index (κ3) is 4.64. The van der Waals surface area contributed by atoms with Crippen LogP contribution in [0.25, 0.3) is 21.4 Å². The summed E-state index contributed by atoms with van der Waals surface area (Å²) in [6.07, 6.45) is 1.23. The second kappa shape index (κ2) is 9.11. The van der Waals surface area contributed by atoms with Crippen molar-refractivity contribution in [1.29, 1.82) is 0 Å². The van der Waals surface area contributed by atoms with E-state index in [2.05, 4.69) is 34.5 Å². The fraction of sp³-hybridized carbons (Fsp3) is 0.0526. The highest BCUT2D eigenvalue weighted by molar-refractivity contribution is 7.94. The summed E-state index contributed by atoms with van der Waals surface area (Å²) in [7, 11) is -4.87. The summed E-state index contributed by atoms with van der Waals surface area (Å²) < 4.78 is 40.2. The van der Waals surface area contributed by atoms with Gasteiger partial charge in [-0.15, -0.1) is 10.2 Å². The maximum atomic E-state index is 11.6. The van der Waals surface area contributed by atoms with Gasteiger partial charge in [-0.25, -0.2) is 17.9 Å². The van der Waals surface area contributed by atoms with Crippen molar-refractivity contribution in [2.45, 2.75) is 16.7 Å². The monoisotopic (exact) mass is 484 g/mol. The molecule has 0 atom stereocenters. The largest absolute Gasteiger partial charge is 0.744 e. The number of aryl methyl sites for hydroxylation is 1. The van der Waals surface area contributed by atoms with Crippen molar-refractivity contribution in [3.05, 3.63) is 65.8 Å². The molecule has 4 aromatic rings.